The highest BCUT2D eigenvalue weighted by molar-refractivity contribution is 8.00. The molecule has 3 heterocycles. The Morgan fingerprint density at radius 2 is 1.93 bits per heavy atom. The number of rotatable bonds is 7. The first-order chi connectivity index (χ1) is 19.8. The molecule has 4 aromatic rings. The fourth-order valence-electron chi connectivity index (χ4n) is 4.97. The predicted octanol–water partition coefficient (Wildman–Crippen LogP) is 6.44. The van der Waals surface area contributed by atoms with Crippen molar-refractivity contribution in [1.82, 2.24) is 10.2 Å². The lowest BCUT2D eigenvalue weighted by Crippen LogP contribution is -2.29. The number of methoxy groups -OCH3 is 1. The molecule has 0 spiro atoms. The summed E-state index contributed by atoms with van der Waals surface area (Å²) in [6.07, 6.45) is 0.709. The highest BCUT2D eigenvalue weighted by Crippen LogP contribution is 2.45. The SMILES string of the molecule is COc1ccc([C@@H]2C(=C(O)c3ccc4c(c3)C[C@H](C)O4)C(=O)C(=O)N2c2nnc(SCc3ccccc3Cl)s2)cc1. The van der Waals surface area contributed by atoms with Crippen molar-refractivity contribution in [3.05, 3.63) is 99.6 Å². The largest absolute Gasteiger partial charge is 0.507 e. The van der Waals surface area contributed by atoms with E-state index in [0.29, 0.717) is 38.4 Å². The Labute approximate surface area is 249 Å². The Balaban J connectivity index is 1.39. The van der Waals surface area contributed by atoms with E-state index >= 15 is 0 Å². The number of amides is 1. The maximum absolute atomic E-state index is 13.5. The fourth-order valence-corrected chi connectivity index (χ4v) is 7.12. The minimum atomic E-state index is -0.918. The van der Waals surface area contributed by atoms with E-state index in [4.69, 9.17) is 21.1 Å². The van der Waals surface area contributed by atoms with Gasteiger partial charge in [0.15, 0.2) is 4.34 Å². The summed E-state index contributed by atoms with van der Waals surface area (Å²) in [5.74, 6) is 0.0879. The minimum absolute atomic E-state index is 0.0208. The number of Topliss-reactive ketones (excluding diaryl/α,β-unsaturated/α-hetero) is 1. The smallest absolute Gasteiger partial charge is 0.301 e. The average molecular weight is 606 g/mol. The van der Waals surface area contributed by atoms with Crippen LogP contribution in [-0.4, -0.2) is 40.2 Å². The number of carbonyl (C=O) groups excluding carboxylic acids is 2. The number of anilines is 1. The molecule has 208 valence electrons. The van der Waals surface area contributed by atoms with Crippen molar-refractivity contribution in [2.24, 2.45) is 0 Å². The van der Waals surface area contributed by atoms with Crippen molar-refractivity contribution in [2.45, 2.75) is 35.6 Å². The van der Waals surface area contributed by atoms with Gasteiger partial charge < -0.3 is 14.6 Å². The number of aliphatic hydroxyl groups excluding tert-OH is 1. The van der Waals surface area contributed by atoms with E-state index < -0.39 is 17.7 Å². The summed E-state index contributed by atoms with van der Waals surface area (Å²) in [5.41, 5.74) is 2.91. The Bertz CT molecular complexity index is 1690. The molecule has 6 rings (SSSR count). The van der Waals surface area contributed by atoms with Gasteiger partial charge in [0.1, 0.15) is 23.4 Å². The second kappa shape index (κ2) is 11.2. The Morgan fingerprint density at radius 1 is 1.15 bits per heavy atom. The molecule has 2 aliphatic rings. The Morgan fingerprint density at radius 3 is 2.68 bits per heavy atom. The fraction of sp³-hybridized carbons (Fsp3) is 0.200. The highest BCUT2D eigenvalue weighted by Gasteiger charge is 2.48. The lowest BCUT2D eigenvalue weighted by atomic mass is 9.94. The molecule has 0 saturated carbocycles. The van der Waals surface area contributed by atoms with Crippen molar-refractivity contribution < 1.29 is 24.2 Å². The van der Waals surface area contributed by atoms with Gasteiger partial charge in [0.05, 0.1) is 18.7 Å². The van der Waals surface area contributed by atoms with Gasteiger partial charge in [-0.05, 0) is 60.0 Å². The summed E-state index contributed by atoms with van der Waals surface area (Å²) in [6, 6.07) is 18.9. The molecule has 0 aliphatic carbocycles. The summed E-state index contributed by atoms with van der Waals surface area (Å²) in [4.78, 5) is 28.4. The maximum atomic E-state index is 13.5. The van der Waals surface area contributed by atoms with Crippen LogP contribution in [0.2, 0.25) is 5.02 Å². The van der Waals surface area contributed by atoms with Crippen molar-refractivity contribution >= 4 is 57.3 Å². The number of hydrogen-bond acceptors (Lipinski definition) is 9. The molecule has 0 bridgehead atoms. The zero-order valence-electron chi connectivity index (χ0n) is 22.0. The van der Waals surface area contributed by atoms with Gasteiger partial charge in [0.2, 0.25) is 5.13 Å². The van der Waals surface area contributed by atoms with Crippen LogP contribution < -0.4 is 14.4 Å². The number of benzene rings is 3. The normalized spacial score (nSPS) is 19.3. The van der Waals surface area contributed by atoms with E-state index in [1.807, 2.05) is 31.2 Å². The topological polar surface area (TPSA) is 102 Å². The molecule has 2 aliphatic heterocycles. The van der Waals surface area contributed by atoms with Crippen LogP contribution in [0.3, 0.4) is 0 Å². The number of halogens is 1. The molecule has 2 atom stereocenters. The maximum Gasteiger partial charge on any atom is 0.301 e. The molecule has 8 nitrogen and oxygen atoms in total. The standard InChI is InChI=1S/C30H24ClN3O5S2/c1-16-13-20-14-18(9-12-23(20)39-16)26(35)24-25(17-7-10-21(38-2)11-8-17)34(28(37)27(24)36)29-32-33-30(41-29)40-15-19-5-3-4-6-22(19)31/h3-12,14,16,25,35H,13,15H2,1-2H3/t16-,25+/m0/s1. The number of aromatic nitrogens is 2. The quantitative estimate of drug-likeness (QED) is 0.0844. The minimum Gasteiger partial charge on any atom is -0.507 e. The Kier molecular flexibility index (Phi) is 7.46. The summed E-state index contributed by atoms with van der Waals surface area (Å²) < 4.78 is 11.7. The van der Waals surface area contributed by atoms with Gasteiger partial charge in [-0.3, -0.25) is 14.5 Å². The van der Waals surface area contributed by atoms with Crippen LogP contribution in [0.5, 0.6) is 11.5 Å². The molecule has 0 unspecified atom stereocenters. The van der Waals surface area contributed by atoms with Gasteiger partial charge in [-0.15, -0.1) is 10.2 Å². The highest BCUT2D eigenvalue weighted by atomic mass is 35.5. The first-order valence-electron chi connectivity index (χ1n) is 12.8. The lowest BCUT2D eigenvalue weighted by Gasteiger charge is -2.22. The number of fused-ring (bicyclic) bond motifs is 1. The molecule has 1 aromatic heterocycles. The third-order valence-electron chi connectivity index (χ3n) is 6.96. The van der Waals surface area contributed by atoms with E-state index in [1.54, 1.807) is 49.6 Å². The van der Waals surface area contributed by atoms with Crippen LogP contribution in [0.4, 0.5) is 5.13 Å². The second-order valence-corrected chi connectivity index (χ2v) is 12.2. The molecule has 1 saturated heterocycles. The lowest BCUT2D eigenvalue weighted by molar-refractivity contribution is -0.132. The monoisotopic (exact) mass is 605 g/mol. The number of hydrogen-bond donors (Lipinski definition) is 1. The van der Waals surface area contributed by atoms with Gasteiger partial charge in [-0.1, -0.05) is 65.0 Å². The zero-order valence-corrected chi connectivity index (χ0v) is 24.4. The number of ketones is 1. The zero-order chi connectivity index (χ0) is 28.7. The third kappa shape index (κ3) is 5.18. The van der Waals surface area contributed by atoms with E-state index in [-0.39, 0.29) is 22.6 Å². The van der Waals surface area contributed by atoms with Gasteiger partial charge in [0, 0.05) is 22.8 Å². The van der Waals surface area contributed by atoms with Crippen LogP contribution in [0.15, 0.2) is 76.6 Å². The first-order valence-corrected chi connectivity index (χ1v) is 15.0. The molecule has 11 heteroatoms. The molecular weight excluding hydrogens is 582 g/mol. The summed E-state index contributed by atoms with van der Waals surface area (Å²) in [6.45, 7) is 1.97. The molecule has 3 aromatic carbocycles. The van der Waals surface area contributed by atoms with Crippen LogP contribution in [0, 0.1) is 0 Å². The number of thioether (sulfide) groups is 1. The van der Waals surface area contributed by atoms with E-state index in [1.165, 1.54) is 28.0 Å². The van der Waals surface area contributed by atoms with E-state index in [2.05, 4.69) is 10.2 Å². The van der Waals surface area contributed by atoms with Crippen LogP contribution in [-0.2, 0) is 21.8 Å². The van der Waals surface area contributed by atoms with E-state index in [9.17, 15) is 14.7 Å². The second-order valence-electron chi connectivity index (χ2n) is 9.63. The number of carbonyl (C=O) groups is 2. The number of ether oxygens (including phenoxy) is 2. The third-order valence-corrected chi connectivity index (χ3v) is 9.43. The van der Waals surface area contributed by atoms with Crippen LogP contribution >= 0.6 is 34.7 Å². The summed E-state index contributed by atoms with van der Waals surface area (Å²) >= 11 is 8.93. The molecule has 1 amide bonds. The molecule has 41 heavy (non-hydrogen) atoms. The van der Waals surface area contributed by atoms with Crippen molar-refractivity contribution in [3.63, 3.8) is 0 Å². The van der Waals surface area contributed by atoms with Gasteiger partial charge in [-0.25, -0.2) is 0 Å². The molecule has 1 fully saturated rings. The average Bonchev–Trinajstić information content (AvgIpc) is 3.67. The van der Waals surface area contributed by atoms with Crippen molar-refractivity contribution in [1.29, 1.82) is 0 Å². The van der Waals surface area contributed by atoms with Crippen molar-refractivity contribution in [3.8, 4) is 11.5 Å². The molecule has 1 N–H and O–H groups in total. The summed E-state index contributed by atoms with van der Waals surface area (Å²) in [5, 5.41) is 21.0. The van der Waals surface area contributed by atoms with Crippen LogP contribution in [0.25, 0.3) is 5.76 Å². The summed E-state index contributed by atoms with van der Waals surface area (Å²) in [7, 11) is 1.56. The Hall–Kier alpha value is -3.86. The van der Waals surface area contributed by atoms with E-state index in [0.717, 1.165) is 16.9 Å². The van der Waals surface area contributed by atoms with Crippen LogP contribution in [0.1, 0.15) is 35.2 Å². The molecule has 0 radical (unpaired) electrons. The van der Waals surface area contributed by atoms with Crippen molar-refractivity contribution in [2.75, 3.05) is 12.0 Å². The van der Waals surface area contributed by atoms with Gasteiger partial charge >= 0.3 is 5.91 Å². The first kappa shape index (κ1) is 27.3. The predicted molar refractivity (Wildman–Crippen MR) is 159 cm³/mol. The van der Waals surface area contributed by atoms with Gasteiger partial charge in [0.25, 0.3) is 5.78 Å². The number of aliphatic hydroxyl groups is 1. The molecular formula is C30H24ClN3O5S2. The van der Waals surface area contributed by atoms with Gasteiger partial charge in [-0.2, -0.15) is 0 Å². The number of nitrogens with zero attached hydrogens (tertiary/aromatic N) is 3.